The monoisotopic (exact) mass is 364 g/mol. The van der Waals surface area contributed by atoms with Crippen LogP contribution >= 0.6 is 0 Å². The predicted octanol–water partition coefficient (Wildman–Crippen LogP) is 4.20. The zero-order valence-electron chi connectivity index (χ0n) is 15.7. The second-order valence-electron chi connectivity index (χ2n) is 7.35. The van der Waals surface area contributed by atoms with Gasteiger partial charge >= 0.3 is 6.03 Å². The van der Waals surface area contributed by atoms with Crippen molar-refractivity contribution in [1.82, 2.24) is 15.1 Å². The number of rotatable bonds is 4. The largest absolute Gasteiger partial charge is 0.508 e. The third kappa shape index (κ3) is 4.47. The highest BCUT2D eigenvalue weighted by Crippen LogP contribution is 2.26. The van der Waals surface area contributed by atoms with Crippen molar-refractivity contribution in [3.63, 3.8) is 0 Å². The zero-order chi connectivity index (χ0) is 19.4. The highest BCUT2D eigenvalue weighted by Gasteiger charge is 2.21. The molecule has 0 aliphatic heterocycles. The van der Waals surface area contributed by atoms with Crippen molar-refractivity contribution in [2.24, 2.45) is 0 Å². The van der Waals surface area contributed by atoms with Gasteiger partial charge in [0.1, 0.15) is 11.6 Å². The molecule has 1 heterocycles. The third-order valence-corrected chi connectivity index (χ3v) is 4.15. The number of phenolic OH excluding ortho intramolecular Hbond substituents is 1. The number of aromatic hydroxyl groups is 1. The molecule has 0 saturated heterocycles. The number of urea groups is 1. The summed E-state index contributed by atoms with van der Waals surface area (Å²) in [6.45, 7) is 6.45. The standard InChI is InChI=1S/C21H24N4O2/c1-21(2,3)18-13-19(25(24-18)16-10-5-4-6-11-16)23-20(27)22-14-15-9-7-8-12-17(15)26/h4-13,26H,14H2,1-3H3,(H2,22,23,27). The molecule has 0 saturated carbocycles. The van der Waals surface area contributed by atoms with Crippen LogP contribution in [0.4, 0.5) is 10.6 Å². The molecule has 1 aromatic heterocycles. The number of hydrogen-bond donors (Lipinski definition) is 3. The van der Waals surface area contributed by atoms with Crippen LogP contribution in [0.5, 0.6) is 5.75 Å². The Bertz CT molecular complexity index is 927. The molecule has 0 aliphatic rings. The minimum atomic E-state index is -0.365. The van der Waals surface area contributed by atoms with E-state index in [4.69, 9.17) is 0 Å². The van der Waals surface area contributed by atoms with Gasteiger partial charge in [-0.3, -0.25) is 5.32 Å². The first kappa shape index (κ1) is 18.5. The molecule has 0 unspecified atom stereocenters. The molecule has 2 amide bonds. The van der Waals surface area contributed by atoms with Crippen molar-refractivity contribution in [3.05, 3.63) is 71.9 Å². The molecule has 0 radical (unpaired) electrons. The van der Waals surface area contributed by atoms with Crippen molar-refractivity contribution in [1.29, 1.82) is 0 Å². The smallest absolute Gasteiger partial charge is 0.320 e. The molecule has 3 rings (SSSR count). The van der Waals surface area contributed by atoms with Crippen molar-refractivity contribution in [3.8, 4) is 11.4 Å². The number of carbonyl (C=O) groups excluding carboxylic acids is 1. The van der Waals surface area contributed by atoms with Gasteiger partial charge in [0.2, 0.25) is 0 Å². The molecule has 2 aromatic carbocycles. The van der Waals surface area contributed by atoms with Crippen LogP contribution in [0.15, 0.2) is 60.7 Å². The van der Waals surface area contributed by atoms with Crippen molar-refractivity contribution in [2.45, 2.75) is 32.7 Å². The Balaban J connectivity index is 1.80. The normalized spacial score (nSPS) is 11.2. The Morgan fingerprint density at radius 1 is 1.07 bits per heavy atom. The lowest BCUT2D eigenvalue weighted by Crippen LogP contribution is -2.29. The molecule has 0 aliphatic carbocycles. The molecule has 3 aromatic rings. The van der Waals surface area contributed by atoms with Crippen LogP contribution in [0.25, 0.3) is 5.69 Å². The van der Waals surface area contributed by atoms with Crippen molar-refractivity contribution >= 4 is 11.8 Å². The van der Waals surface area contributed by atoms with E-state index >= 15 is 0 Å². The van der Waals surface area contributed by atoms with E-state index in [0.717, 1.165) is 11.4 Å². The van der Waals surface area contributed by atoms with Gasteiger partial charge in [-0.15, -0.1) is 0 Å². The molecule has 0 bridgehead atoms. The van der Waals surface area contributed by atoms with Crippen LogP contribution in [0, 0.1) is 0 Å². The number of nitrogens with zero attached hydrogens (tertiary/aromatic N) is 2. The van der Waals surface area contributed by atoms with E-state index in [1.807, 2.05) is 42.5 Å². The highest BCUT2D eigenvalue weighted by atomic mass is 16.3. The number of amides is 2. The fourth-order valence-electron chi connectivity index (χ4n) is 2.60. The quantitative estimate of drug-likeness (QED) is 0.649. The number of phenols is 1. The van der Waals surface area contributed by atoms with Crippen LogP contribution in [0.1, 0.15) is 32.0 Å². The number of aromatic nitrogens is 2. The topological polar surface area (TPSA) is 79.2 Å². The molecule has 0 atom stereocenters. The van der Waals surface area contributed by atoms with Crippen molar-refractivity contribution < 1.29 is 9.90 Å². The van der Waals surface area contributed by atoms with E-state index < -0.39 is 0 Å². The predicted molar refractivity (Wildman–Crippen MR) is 106 cm³/mol. The molecular formula is C21H24N4O2. The molecule has 6 nitrogen and oxygen atoms in total. The first-order valence-corrected chi connectivity index (χ1v) is 8.82. The van der Waals surface area contributed by atoms with Gasteiger partial charge in [0.15, 0.2) is 0 Å². The number of hydrogen-bond acceptors (Lipinski definition) is 3. The van der Waals surface area contributed by atoms with E-state index in [2.05, 4.69) is 36.5 Å². The van der Waals surface area contributed by atoms with Gasteiger partial charge in [-0.1, -0.05) is 57.2 Å². The van der Waals surface area contributed by atoms with Gasteiger partial charge in [-0.05, 0) is 18.2 Å². The minimum absolute atomic E-state index is 0.150. The van der Waals surface area contributed by atoms with E-state index in [9.17, 15) is 9.90 Å². The maximum atomic E-state index is 12.4. The summed E-state index contributed by atoms with van der Waals surface area (Å²) in [6.07, 6.45) is 0. The minimum Gasteiger partial charge on any atom is -0.508 e. The number of para-hydroxylation sites is 2. The summed E-state index contributed by atoms with van der Waals surface area (Å²) in [5.74, 6) is 0.739. The van der Waals surface area contributed by atoms with Crippen LogP contribution in [0.2, 0.25) is 0 Å². The summed E-state index contributed by atoms with van der Waals surface area (Å²) in [7, 11) is 0. The van der Waals surface area contributed by atoms with Crippen LogP contribution in [-0.2, 0) is 12.0 Å². The molecular weight excluding hydrogens is 340 g/mol. The molecule has 0 spiro atoms. The van der Waals surface area contributed by atoms with E-state index in [0.29, 0.717) is 11.4 Å². The number of anilines is 1. The first-order valence-electron chi connectivity index (χ1n) is 8.82. The summed E-state index contributed by atoms with van der Waals surface area (Å²) < 4.78 is 1.72. The van der Waals surface area contributed by atoms with Crippen LogP contribution in [-0.4, -0.2) is 20.9 Å². The lowest BCUT2D eigenvalue weighted by molar-refractivity contribution is 0.251. The summed E-state index contributed by atoms with van der Waals surface area (Å²) in [5, 5.41) is 20.1. The number of carbonyl (C=O) groups is 1. The molecule has 6 heteroatoms. The van der Waals surface area contributed by atoms with Gasteiger partial charge < -0.3 is 10.4 Å². The van der Waals surface area contributed by atoms with Gasteiger partial charge in [-0.25, -0.2) is 9.48 Å². The van der Waals surface area contributed by atoms with Gasteiger partial charge in [0.25, 0.3) is 0 Å². The molecule has 140 valence electrons. The van der Waals surface area contributed by atoms with Gasteiger partial charge in [-0.2, -0.15) is 5.10 Å². The Morgan fingerprint density at radius 3 is 2.41 bits per heavy atom. The molecule has 0 fully saturated rings. The lowest BCUT2D eigenvalue weighted by Gasteiger charge is -2.14. The highest BCUT2D eigenvalue weighted by molar-refractivity contribution is 5.88. The molecule has 27 heavy (non-hydrogen) atoms. The second kappa shape index (κ2) is 7.53. The fourth-order valence-corrected chi connectivity index (χ4v) is 2.60. The Kier molecular flexibility index (Phi) is 5.16. The number of benzene rings is 2. The zero-order valence-corrected chi connectivity index (χ0v) is 15.7. The second-order valence-corrected chi connectivity index (χ2v) is 7.35. The van der Waals surface area contributed by atoms with E-state index in [1.165, 1.54) is 0 Å². The maximum absolute atomic E-state index is 12.4. The van der Waals surface area contributed by atoms with Crippen molar-refractivity contribution in [2.75, 3.05) is 5.32 Å². The van der Waals surface area contributed by atoms with Crippen LogP contribution in [0.3, 0.4) is 0 Å². The van der Waals surface area contributed by atoms with Gasteiger partial charge in [0.05, 0.1) is 11.4 Å². The Hall–Kier alpha value is -3.28. The summed E-state index contributed by atoms with van der Waals surface area (Å²) >= 11 is 0. The van der Waals surface area contributed by atoms with E-state index in [1.54, 1.807) is 22.9 Å². The first-order chi connectivity index (χ1) is 12.8. The average Bonchev–Trinajstić information content (AvgIpc) is 3.06. The lowest BCUT2D eigenvalue weighted by atomic mass is 9.92. The number of nitrogens with one attached hydrogen (secondary N) is 2. The Labute approximate surface area is 158 Å². The van der Waals surface area contributed by atoms with Gasteiger partial charge in [0, 0.05) is 23.6 Å². The SMILES string of the molecule is CC(C)(C)c1cc(NC(=O)NCc2ccccc2O)n(-c2ccccc2)n1. The fraction of sp³-hybridized carbons (Fsp3) is 0.238. The average molecular weight is 364 g/mol. The summed E-state index contributed by atoms with van der Waals surface area (Å²) in [6, 6.07) is 18.1. The maximum Gasteiger partial charge on any atom is 0.320 e. The third-order valence-electron chi connectivity index (χ3n) is 4.15. The summed E-state index contributed by atoms with van der Waals surface area (Å²) in [4.78, 5) is 12.4. The summed E-state index contributed by atoms with van der Waals surface area (Å²) in [5.41, 5.74) is 2.24. The molecule has 3 N–H and O–H groups in total. The van der Waals surface area contributed by atoms with Crippen LogP contribution < -0.4 is 10.6 Å². The van der Waals surface area contributed by atoms with E-state index in [-0.39, 0.29) is 23.7 Å². The Morgan fingerprint density at radius 2 is 1.74 bits per heavy atom.